The first kappa shape index (κ1) is 16.4. The zero-order valence-corrected chi connectivity index (χ0v) is 14.1. The number of hydrogen-bond acceptors (Lipinski definition) is 4. The summed E-state index contributed by atoms with van der Waals surface area (Å²) < 4.78 is 5.62. The van der Waals surface area contributed by atoms with E-state index in [-0.39, 0.29) is 5.60 Å². The van der Waals surface area contributed by atoms with Crippen molar-refractivity contribution >= 4 is 0 Å². The molecule has 1 atom stereocenters. The molecule has 1 N–H and O–H groups in total. The molecule has 0 bridgehead atoms. The van der Waals surface area contributed by atoms with E-state index < -0.39 is 0 Å². The summed E-state index contributed by atoms with van der Waals surface area (Å²) in [5.74, 6) is 0.808. The van der Waals surface area contributed by atoms with Gasteiger partial charge in [0.1, 0.15) is 5.60 Å². The van der Waals surface area contributed by atoms with Gasteiger partial charge in [-0.2, -0.15) is 0 Å². The van der Waals surface area contributed by atoms with Crippen LogP contribution in [0.25, 0.3) is 0 Å². The number of methoxy groups -OCH3 is 1. The van der Waals surface area contributed by atoms with Gasteiger partial charge >= 0.3 is 0 Å². The Hall–Kier alpha value is -1.00. The molecular formula is C17H29N3O. The number of nitrogens with zero attached hydrogens (tertiary/aromatic N) is 2. The number of ether oxygens (including phenoxy) is 1. The lowest BCUT2D eigenvalue weighted by Gasteiger charge is -2.26. The standard InChI is InChI=1S/C17H29N3O/c1-6-17(4,21-5)16-19-12(2)15(13(3)20-16)8-7-11-18-14-9-10-14/h14,18H,6-11H2,1-5H3. The maximum atomic E-state index is 5.62. The minimum atomic E-state index is -0.387. The molecular weight excluding hydrogens is 262 g/mol. The van der Waals surface area contributed by atoms with E-state index >= 15 is 0 Å². The molecule has 118 valence electrons. The largest absolute Gasteiger partial charge is 0.371 e. The zero-order valence-electron chi connectivity index (χ0n) is 14.1. The second-order valence-corrected chi connectivity index (χ2v) is 6.32. The van der Waals surface area contributed by atoms with Gasteiger partial charge in [0.05, 0.1) is 0 Å². The number of aryl methyl sites for hydroxylation is 2. The fourth-order valence-electron chi connectivity index (χ4n) is 2.59. The van der Waals surface area contributed by atoms with Crippen molar-refractivity contribution in [3.8, 4) is 0 Å². The van der Waals surface area contributed by atoms with Gasteiger partial charge in [0.25, 0.3) is 0 Å². The first-order valence-electron chi connectivity index (χ1n) is 8.13. The van der Waals surface area contributed by atoms with E-state index in [1.807, 2.05) is 0 Å². The lowest BCUT2D eigenvalue weighted by molar-refractivity contribution is -0.00928. The molecule has 1 aromatic rings. The van der Waals surface area contributed by atoms with Crippen molar-refractivity contribution in [3.05, 3.63) is 22.8 Å². The van der Waals surface area contributed by atoms with Crippen LogP contribution >= 0.6 is 0 Å². The van der Waals surface area contributed by atoms with Crippen LogP contribution in [0.5, 0.6) is 0 Å². The fourth-order valence-corrected chi connectivity index (χ4v) is 2.59. The van der Waals surface area contributed by atoms with Crippen molar-refractivity contribution in [3.63, 3.8) is 0 Å². The summed E-state index contributed by atoms with van der Waals surface area (Å²) in [6.45, 7) is 9.44. The lowest BCUT2D eigenvalue weighted by Crippen LogP contribution is -2.27. The molecule has 0 aromatic carbocycles. The third-order valence-electron chi connectivity index (χ3n) is 4.63. The summed E-state index contributed by atoms with van der Waals surface area (Å²) in [6, 6.07) is 0.790. The Morgan fingerprint density at radius 2 is 1.86 bits per heavy atom. The summed E-state index contributed by atoms with van der Waals surface area (Å²) in [5.41, 5.74) is 3.11. The highest BCUT2D eigenvalue weighted by Gasteiger charge is 2.28. The van der Waals surface area contributed by atoms with E-state index in [1.54, 1.807) is 7.11 Å². The quantitative estimate of drug-likeness (QED) is 0.748. The Morgan fingerprint density at radius 1 is 1.24 bits per heavy atom. The smallest absolute Gasteiger partial charge is 0.160 e. The van der Waals surface area contributed by atoms with Gasteiger partial charge < -0.3 is 10.1 Å². The Labute approximate surface area is 128 Å². The summed E-state index contributed by atoms with van der Waals surface area (Å²) in [5, 5.41) is 3.56. The van der Waals surface area contributed by atoms with Crippen molar-refractivity contribution < 1.29 is 4.74 Å². The number of nitrogens with one attached hydrogen (secondary N) is 1. The topological polar surface area (TPSA) is 47.0 Å². The van der Waals surface area contributed by atoms with Gasteiger partial charge in [-0.3, -0.25) is 0 Å². The predicted octanol–water partition coefficient (Wildman–Crippen LogP) is 3.05. The number of hydrogen-bond donors (Lipinski definition) is 1. The Balaban J connectivity index is 2.05. The second kappa shape index (κ2) is 6.84. The lowest BCUT2D eigenvalue weighted by atomic mass is 10.00. The predicted molar refractivity (Wildman–Crippen MR) is 85.5 cm³/mol. The first-order valence-corrected chi connectivity index (χ1v) is 8.13. The minimum Gasteiger partial charge on any atom is -0.371 e. The molecule has 1 unspecified atom stereocenters. The molecule has 2 rings (SSSR count). The van der Waals surface area contributed by atoms with Crippen LogP contribution in [0.2, 0.25) is 0 Å². The third kappa shape index (κ3) is 4.01. The average molecular weight is 291 g/mol. The monoisotopic (exact) mass is 291 g/mol. The van der Waals surface area contributed by atoms with E-state index in [9.17, 15) is 0 Å². The normalized spacial score (nSPS) is 17.8. The molecule has 0 aliphatic heterocycles. The van der Waals surface area contributed by atoms with Gasteiger partial charge in [0, 0.05) is 24.5 Å². The van der Waals surface area contributed by atoms with Gasteiger partial charge in [-0.15, -0.1) is 0 Å². The second-order valence-electron chi connectivity index (χ2n) is 6.32. The minimum absolute atomic E-state index is 0.387. The van der Waals surface area contributed by atoms with E-state index in [0.717, 1.165) is 49.1 Å². The van der Waals surface area contributed by atoms with Gasteiger partial charge in [-0.05, 0) is 65.0 Å². The van der Waals surface area contributed by atoms with Crippen LogP contribution < -0.4 is 5.32 Å². The van der Waals surface area contributed by atoms with Crippen molar-refractivity contribution in [2.24, 2.45) is 0 Å². The first-order chi connectivity index (χ1) is 10.00. The molecule has 0 amide bonds. The molecule has 4 nitrogen and oxygen atoms in total. The molecule has 1 heterocycles. The van der Waals surface area contributed by atoms with E-state index in [1.165, 1.54) is 18.4 Å². The number of aromatic nitrogens is 2. The molecule has 0 spiro atoms. The van der Waals surface area contributed by atoms with Crippen molar-refractivity contribution in [1.29, 1.82) is 0 Å². The summed E-state index contributed by atoms with van der Waals surface area (Å²) >= 11 is 0. The zero-order chi connectivity index (χ0) is 15.5. The highest BCUT2D eigenvalue weighted by molar-refractivity contribution is 5.25. The van der Waals surface area contributed by atoms with Gasteiger partial charge in [0.15, 0.2) is 5.82 Å². The van der Waals surface area contributed by atoms with Crippen LogP contribution in [-0.4, -0.2) is 29.7 Å². The van der Waals surface area contributed by atoms with Crippen molar-refractivity contribution in [2.75, 3.05) is 13.7 Å². The molecule has 1 saturated carbocycles. The molecule has 1 aromatic heterocycles. The SMILES string of the molecule is CCC(C)(OC)c1nc(C)c(CCCNC2CC2)c(C)n1. The Bertz CT molecular complexity index is 456. The van der Waals surface area contributed by atoms with Crippen LogP contribution in [0.4, 0.5) is 0 Å². The summed E-state index contributed by atoms with van der Waals surface area (Å²) in [7, 11) is 1.73. The van der Waals surface area contributed by atoms with Crippen LogP contribution in [0, 0.1) is 13.8 Å². The van der Waals surface area contributed by atoms with Gasteiger partial charge in [-0.25, -0.2) is 9.97 Å². The van der Waals surface area contributed by atoms with Crippen LogP contribution in [0.15, 0.2) is 0 Å². The van der Waals surface area contributed by atoms with E-state index in [0.29, 0.717) is 0 Å². The van der Waals surface area contributed by atoms with Crippen molar-refractivity contribution in [1.82, 2.24) is 15.3 Å². The third-order valence-corrected chi connectivity index (χ3v) is 4.63. The van der Waals surface area contributed by atoms with Crippen LogP contribution in [0.1, 0.15) is 62.3 Å². The average Bonchev–Trinajstić information content (AvgIpc) is 3.28. The molecule has 1 aliphatic rings. The summed E-state index contributed by atoms with van der Waals surface area (Å²) in [6.07, 6.45) is 5.77. The Kier molecular flexibility index (Phi) is 5.33. The maximum absolute atomic E-state index is 5.62. The van der Waals surface area contributed by atoms with E-state index in [2.05, 4.69) is 33.0 Å². The van der Waals surface area contributed by atoms with Crippen LogP contribution in [0.3, 0.4) is 0 Å². The van der Waals surface area contributed by atoms with Crippen molar-refractivity contribution in [2.45, 2.75) is 71.4 Å². The molecule has 0 saturated heterocycles. The maximum Gasteiger partial charge on any atom is 0.160 e. The van der Waals surface area contributed by atoms with Gasteiger partial charge in [0.2, 0.25) is 0 Å². The molecule has 1 fully saturated rings. The molecule has 4 heteroatoms. The molecule has 0 radical (unpaired) electrons. The number of rotatable bonds is 8. The van der Waals surface area contributed by atoms with E-state index in [4.69, 9.17) is 14.7 Å². The van der Waals surface area contributed by atoms with Gasteiger partial charge in [-0.1, -0.05) is 6.92 Å². The summed E-state index contributed by atoms with van der Waals surface area (Å²) in [4.78, 5) is 9.43. The molecule has 21 heavy (non-hydrogen) atoms. The highest BCUT2D eigenvalue weighted by Crippen LogP contribution is 2.27. The Morgan fingerprint density at radius 3 is 2.33 bits per heavy atom. The fraction of sp³-hybridized carbons (Fsp3) is 0.765. The highest BCUT2D eigenvalue weighted by atomic mass is 16.5. The van der Waals surface area contributed by atoms with Crippen LogP contribution in [-0.2, 0) is 16.8 Å². The molecule has 1 aliphatic carbocycles.